The van der Waals surface area contributed by atoms with Crippen molar-refractivity contribution >= 4 is 17.2 Å². The van der Waals surface area contributed by atoms with Crippen molar-refractivity contribution in [2.75, 3.05) is 0 Å². The highest BCUT2D eigenvalue weighted by atomic mass is 32.1. The second kappa shape index (κ2) is 4.85. The molecule has 0 aliphatic heterocycles. The lowest BCUT2D eigenvalue weighted by Gasteiger charge is -2.03. The van der Waals surface area contributed by atoms with E-state index >= 15 is 0 Å². The number of nitrogens with one attached hydrogen (secondary N) is 1. The summed E-state index contributed by atoms with van der Waals surface area (Å²) >= 11 is 1.44. The molecule has 0 bridgehead atoms. The molecule has 0 aliphatic rings. The number of thiazole rings is 1. The van der Waals surface area contributed by atoms with Gasteiger partial charge in [-0.15, -0.1) is 11.3 Å². The zero-order valence-corrected chi connectivity index (χ0v) is 9.13. The first-order chi connectivity index (χ1) is 7.77. The van der Waals surface area contributed by atoms with Crippen molar-refractivity contribution in [3.63, 3.8) is 0 Å². The third-order valence-electron chi connectivity index (χ3n) is 2.03. The average Bonchev–Trinajstić information content (AvgIpc) is 2.79. The molecule has 1 amide bonds. The molecule has 0 radical (unpaired) electrons. The van der Waals surface area contributed by atoms with Crippen molar-refractivity contribution < 1.29 is 9.18 Å². The van der Waals surface area contributed by atoms with E-state index in [0.717, 1.165) is 4.88 Å². The summed E-state index contributed by atoms with van der Waals surface area (Å²) in [5.41, 5.74) is 1.75. The van der Waals surface area contributed by atoms with Crippen LogP contribution in [0.3, 0.4) is 0 Å². The van der Waals surface area contributed by atoms with Crippen LogP contribution in [-0.4, -0.2) is 10.9 Å². The van der Waals surface area contributed by atoms with Gasteiger partial charge in [-0.3, -0.25) is 9.78 Å². The van der Waals surface area contributed by atoms with E-state index in [1.54, 1.807) is 23.8 Å². The summed E-state index contributed by atoms with van der Waals surface area (Å²) in [6.45, 7) is 0.373. The first-order valence-electron chi connectivity index (χ1n) is 4.67. The van der Waals surface area contributed by atoms with Crippen LogP contribution in [0.2, 0.25) is 0 Å². The maximum atomic E-state index is 13.2. The first kappa shape index (κ1) is 10.8. The molecule has 1 aromatic heterocycles. The fraction of sp³-hybridized carbons (Fsp3) is 0.0909. The van der Waals surface area contributed by atoms with Crippen molar-refractivity contribution in [3.8, 4) is 0 Å². The lowest BCUT2D eigenvalue weighted by atomic mass is 10.2. The summed E-state index contributed by atoms with van der Waals surface area (Å²) in [4.78, 5) is 16.4. The normalized spacial score (nSPS) is 10.1. The second-order valence-corrected chi connectivity index (χ2v) is 4.10. The number of aromatic nitrogens is 1. The molecular weight excluding hydrogens is 227 g/mol. The van der Waals surface area contributed by atoms with Crippen molar-refractivity contribution in [2.45, 2.75) is 6.54 Å². The number of hydrogen-bond acceptors (Lipinski definition) is 3. The number of benzene rings is 1. The van der Waals surface area contributed by atoms with Crippen LogP contribution in [0.15, 0.2) is 36.0 Å². The number of halogens is 1. The summed E-state index contributed by atoms with van der Waals surface area (Å²) in [6.07, 6.45) is 1.67. The minimum Gasteiger partial charge on any atom is -0.347 e. The van der Waals surface area contributed by atoms with Gasteiger partial charge in [-0.05, 0) is 12.1 Å². The first-order valence-corrected chi connectivity index (χ1v) is 5.55. The molecule has 1 aromatic carbocycles. The number of hydrogen-bond donors (Lipinski definition) is 1. The number of carbonyl (C=O) groups excluding carboxylic acids is 1. The summed E-state index contributed by atoms with van der Waals surface area (Å²) in [6, 6.07) is 5.90. The monoisotopic (exact) mass is 236 g/mol. The van der Waals surface area contributed by atoms with Crippen LogP contribution in [0.1, 0.15) is 15.2 Å². The molecule has 0 saturated carbocycles. The summed E-state index contributed by atoms with van der Waals surface area (Å²) in [5, 5.41) is 2.63. The molecule has 16 heavy (non-hydrogen) atoms. The van der Waals surface area contributed by atoms with E-state index in [9.17, 15) is 9.18 Å². The third-order valence-corrected chi connectivity index (χ3v) is 2.80. The average molecular weight is 236 g/mol. The summed E-state index contributed by atoms with van der Waals surface area (Å²) in [7, 11) is 0. The maximum absolute atomic E-state index is 13.2. The molecule has 0 atom stereocenters. The molecule has 2 aromatic rings. The van der Waals surface area contributed by atoms with Crippen LogP contribution in [0.25, 0.3) is 0 Å². The lowest BCUT2D eigenvalue weighted by Crippen LogP contribution is -2.23. The van der Waals surface area contributed by atoms with Crippen molar-refractivity contribution in [1.82, 2.24) is 10.3 Å². The predicted octanol–water partition coefficient (Wildman–Crippen LogP) is 2.21. The largest absolute Gasteiger partial charge is 0.347 e. The zero-order chi connectivity index (χ0) is 11.4. The molecular formula is C11H9FN2OS. The molecule has 0 spiro atoms. The van der Waals surface area contributed by atoms with E-state index < -0.39 is 11.7 Å². The number of nitrogens with zero attached hydrogens (tertiary/aromatic N) is 1. The van der Waals surface area contributed by atoms with Gasteiger partial charge in [0.15, 0.2) is 0 Å². The van der Waals surface area contributed by atoms with Gasteiger partial charge in [0.1, 0.15) is 5.82 Å². The van der Waals surface area contributed by atoms with E-state index in [4.69, 9.17) is 0 Å². The van der Waals surface area contributed by atoms with Crippen LogP contribution < -0.4 is 5.32 Å². The summed E-state index contributed by atoms with van der Waals surface area (Å²) < 4.78 is 13.2. The Balaban J connectivity index is 2.01. The Morgan fingerprint density at radius 3 is 2.94 bits per heavy atom. The van der Waals surface area contributed by atoms with Crippen LogP contribution in [0.4, 0.5) is 4.39 Å². The van der Waals surface area contributed by atoms with Gasteiger partial charge >= 0.3 is 0 Å². The number of amides is 1. The molecule has 0 unspecified atom stereocenters. The van der Waals surface area contributed by atoms with Gasteiger partial charge in [-0.1, -0.05) is 12.1 Å². The molecule has 0 aliphatic carbocycles. The van der Waals surface area contributed by atoms with Gasteiger partial charge in [-0.2, -0.15) is 0 Å². The predicted molar refractivity (Wildman–Crippen MR) is 59.7 cm³/mol. The topological polar surface area (TPSA) is 42.0 Å². The van der Waals surface area contributed by atoms with Crippen molar-refractivity contribution in [3.05, 3.63) is 52.2 Å². The van der Waals surface area contributed by atoms with Crippen LogP contribution in [-0.2, 0) is 6.54 Å². The Labute approximate surface area is 96.0 Å². The highest BCUT2D eigenvalue weighted by Gasteiger charge is 2.10. The second-order valence-electron chi connectivity index (χ2n) is 3.13. The van der Waals surface area contributed by atoms with Crippen LogP contribution >= 0.6 is 11.3 Å². The van der Waals surface area contributed by atoms with E-state index in [0.29, 0.717) is 6.54 Å². The Hall–Kier alpha value is -1.75. The summed E-state index contributed by atoms with van der Waals surface area (Å²) in [5.74, 6) is -0.921. The molecule has 2 rings (SSSR count). The third kappa shape index (κ3) is 2.43. The zero-order valence-electron chi connectivity index (χ0n) is 8.31. The van der Waals surface area contributed by atoms with Crippen LogP contribution in [0, 0.1) is 5.82 Å². The highest BCUT2D eigenvalue weighted by Crippen LogP contribution is 2.08. The Kier molecular flexibility index (Phi) is 3.26. The smallest absolute Gasteiger partial charge is 0.254 e. The van der Waals surface area contributed by atoms with E-state index in [1.807, 2.05) is 0 Å². The molecule has 1 N–H and O–H groups in total. The van der Waals surface area contributed by atoms with E-state index in [1.165, 1.54) is 23.5 Å². The highest BCUT2D eigenvalue weighted by molar-refractivity contribution is 7.09. The lowest BCUT2D eigenvalue weighted by molar-refractivity contribution is 0.0947. The fourth-order valence-electron chi connectivity index (χ4n) is 1.24. The standard InChI is InChI=1S/C11H9FN2OS/c12-10-4-2-1-3-9(10)11(15)14-6-8-5-13-7-16-8/h1-5,7H,6H2,(H,14,15). The number of carbonyl (C=O) groups is 1. The molecule has 3 nitrogen and oxygen atoms in total. The Morgan fingerprint density at radius 1 is 1.44 bits per heavy atom. The van der Waals surface area contributed by atoms with Gasteiger partial charge in [-0.25, -0.2) is 4.39 Å². The molecule has 82 valence electrons. The van der Waals surface area contributed by atoms with E-state index in [2.05, 4.69) is 10.3 Å². The SMILES string of the molecule is O=C(NCc1cncs1)c1ccccc1F. The molecule has 0 saturated heterocycles. The molecule has 5 heteroatoms. The van der Waals surface area contributed by atoms with E-state index in [-0.39, 0.29) is 5.56 Å². The minimum absolute atomic E-state index is 0.0621. The van der Waals surface area contributed by atoms with Crippen molar-refractivity contribution in [2.24, 2.45) is 0 Å². The van der Waals surface area contributed by atoms with Gasteiger partial charge in [0, 0.05) is 11.1 Å². The van der Waals surface area contributed by atoms with Gasteiger partial charge < -0.3 is 5.32 Å². The Bertz CT molecular complexity index is 484. The fourth-order valence-corrected chi connectivity index (χ4v) is 1.77. The minimum atomic E-state index is -0.510. The van der Waals surface area contributed by atoms with Crippen molar-refractivity contribution in [1.29, 1.82) is 0 Å². The maximum Gasteiger partial charge on any atom is 0.254 e. The Morgan fingerprint density at radius 2 is 2.25 bits per heavy atom. The molecule has 1 heterocycles. The van der Waals surface area contributed by atoms with Crippen LogP contribution in [0.5, 0.6) is 0 Å². The van der Waals surface area contributed by atoms with Gasteiger partial charge in [0.05, 0.1) is 17.6 Å². The number of rotatable bonds is 3. The van der Waals surface area contributed by atoms with Gasteiger partial charge in [0.25, 0.3) is 5.91 Å². The molecule has 0 fully saturated rings. The van der Waals surface area contributed by atoms with Gasteiger partial charge in [0.2, 0.25) is 0 Å². The quantitative estimate of drug-likeness (QED) is 0.887.